The average molecular weight is 565 g/mol. The molecule has 0 N–H and O–H groups in total. The SMILES string of the molecule is CCCCCCCCCCCCCOC(=O)c1ccccc1C(=O)OCc1cccc(I)c1. The lowest BCUT2D eigenvalue weighted by Crippen LogP contribution is -2.14. The smallest absolute Gasteiger partial charge is 0.339 e. The average Bonchev–Trinajstić information content (AvgIpc) is 2.83. The number of hydrogen-bond acceptors (Lipinski definition) is 4. The van der Waals surface area contributed by atoms with Crippen LogP contribution in [0.4, 0.5) is 0 Å². The van der Waals surface area contributed by atoms with E-state index in [9.17, 15) is 9.59 Å². The van der Waals surface area contributed by atoms with Crippen molar-refractivity contribution in [2.75, 3.05) is 6.61 Å². The molecule has 0 radical (unpaired) electrons. The first-order chi connectivity index (χ1) is 16.1. The second kappa shape index (κ2) is 16.7. The monoisotopic (exact) mass is 564 g/mol. The lowest BCUT2D eigenvalue weighted by molar-refractivity contribution is 0.0436. The second-order valence-corrected chi connectivity index (χ2v) is 9.67. The summed E-state index contributed by atoms with van der Waals surface area (Å²) in [5.41, 5.74) is 1.41. The Kier molecular flexibility index (Phi) is 13.8. The molecule has 0 unspecified atom stereocenters. The largest absolute Gasteiger partial charge is 0.462 e. The van der Waals surface area contributed by atoms with E-state index in [1.54, 1.807) is 24.3 Å². The van der Waals surface area contributed by atoms with Crippen molar-refractivity contribution in [1.29, 1.82) is 0 Å². The van der Waals surface area contributed by atoms with Gasteiger partial charge in [0.15, 0.2) is 0 Å². The Morgan fingerprint density at radius 1 is 0.697 bits per heavy atom. The molecular weight excluding hydrogens is 527 g/mol. The van der Waals surface area contributed by atoms with Crippen LogP contribution in [-0.2, 0) is 16.1 Å². The molecule has 0 spiro atoms. The Morgan fingerprint density at radius 3 is 1.82 bits per heavy atom. The van der Waals surface area contributed by atoms with E-state index in [1.807, 2.05) is 24.3 Å². The maximum atomic E-state index is 12.6. The van der Waals surface area contributed by atoms with Gasteiger partial charge < -0.3 is 9.47 Å². The number of carbonyl (C=O) groups excluding carboxylic acids is 2. The number of hydrogen-bond donors (Lipinski definition) is 0. The van der Waals surface area contributed by atoms with Crippen LogP contribution in [0, 0.1) is 3.57 Å². The lowest BCUT2D eigenvalue weighted by atomic mass is 10.1. The lowest BCUT2D eigenvalue weighted by Gasteiger charge is -2.10. The van der Waals surface area contributed by atoms with Gasteiger partial charge in [0, 0.05) is 3.57 Å². The van der Waals surface area contributed by atoms with E-state index in [0.29, 0.717) is 6.61 Å². The van der Waals surface area contributed by atoms with Gasteiger partial charge in [-0.25, -0.2) is 9.59 Å². The molecule has 0 aromatic heterocycles. The summed E-state index contributed by atoms with van der Waals surface area (Å²) in [5, 5.41) is 0. The second-order valence-electron chi connectivity index (χ2n) is 8.42. The van der Waals surface area contributed by atoms with Crippen LogP contribution in [0.25, 0.3) is 0 Å². The van der Waals surface area contributed by atoms with Crippen molar-refractivity contribution >= 4 is 34.5 Å². The molecule has 0 heterocycles. The highest BCUT2D eigenvalue weighted by Gasteiger charge is 2.19. The van der Waals surface area contributed by atoms with Crippen LogP contribution < -0.4 is 0 Å². The first-order valence-electron chi connectivity index (χ1n) is 12.3. The minimum atomic E-state index is -0.517. The van der Waals surface area contributed by atoms with E-state index in [1.165, 1.54) is 57.8 Å². The summed E-state index contributed by atoms with van der Waals surface area (Å²) in [4.78, 5) is 25.1. The predicted octanol–water partition coefficient (Wildman–Crippen LogP) is 8.12. The maximum Gasteiger partial charge on any atom is 0.339 e. The van der Waals surface area contributed by atoms with Gasteiger partial charge in [-0.05, 0) is 58.8 Å². The van der Waals surface area contributed by atoms with Gasteiger partial charge >= 0.3 is 11.9 Å². The molecule has 5 heteroatoms. The molecule has 0 aliphatic heterocycles. The summed E-state index contributed by atoms with van der Waals surface area (Å²) >= 11 is 2.22. The van der Waals surface area contributed by atoms with Gasteiger partial charge in [0.25, 0.3) is 0 Å². The number of rotatable bonds is 16. The zero-order valence-electron chi connectivity index (χ0n) is 19.8. The van der Waals surface area contributed by atoms with Gasteiger partial charge in [-0.15, -0.1) is 0 Å². The third-order valence-corrected chi connectivity index (χ3v) is 6.28. The van der Waals surface area contributed by atoms with Gasteiger partial charge in [-0.1, -0.05) is 95.4 Å². The molecule has 4 nitrogen and oxygen atoms in total. The Balaban J connectivity index is 1.66. The molecule has 2 rings (SSSR count). The first kappa shape index (κ1) is 27.4. The van der Waals surface area contributed by atoms with Crippen LogP contribution >= 0.6 is 22.6 Å². The summed E-state index contributed by atoms with van der Waals surface area (Å²) in [5.74, 6) is -0.986. The molecule has 0 saturated heterocycles. The quantitative estimate of drug-likeness (QED) is 0.117. The molecule has 0 atom stereocenters. The van der Waals surface area contributed by atoms with Crippen LogP contribution in [-0.4, -0.2) is 18.5 Å². The highest BCUT2D eigenvalue weighted by atomic mass is 127. The number of halogens is 1. The topological polar surface area (TPSA) is 52.6 Å². The van der Waals surface area contributed by atoms with Gasteiger partial charge in [0.05, 0.1) is 17.7 Å². The number of esters is 2. The Hall–Kier alpha value is -1.89. The fourth-order valence-electron chi connectivity index (χ4n) is 3.70. The van der Waals surface area contributed by atoms with E-state index in [2.05, 4.69) is 29.5 Å². The van der Waals surface area contributed by atoms with Crippen molar-refractivity contribution in [3.05, 3.63) is 68.8 Å². The highest BCUT2D eigenvalue weighted by Crippen LogP contribution is 2.15. The van der Waals surface area contributed by atoms with Crippen molar-refractivity contribution in [2.45, 2.75) is 84.2 Å². The minimum absolute atomic E-state index is 0.164. The minimum Gasteiger partial charge on any atom is -0.462 e. The predicted molar refractivity (Wildman–Crippen MR) is 141 cm³/mol. The molecule has 33 heavy (non-hydrogen) atoms. The molecule has 0 saturated carbocycles. The Bertz CT molecular complexity index is 849. The zero-order valence-corrected chi connectivity index (χ0v) is 22.0. The van der Waals surface area contributed by atoms with E-state index < -0.39 is 11.9 Å². The number of unbranched alkanes of at least 4 members (excludes halogenated alkanes) is 10. The van der Waals surface area contributed by atoms with Gasteiger partial charge in [-0.2, -0.15) is 0 Å². The van der Waals surface area contributed by atoms with Crippen LogP contribution in [0.1, 0.15) is 104 Å². The molecule has 0 aliphatic rings. The summed E-state index contributed by atoms with van der Waals surface area (Å²) in [6, 6.07) is 14.4. The Morgan fingerprint density at radius 2 is 1.24 bits per heavy atom. The standard InChI is InChI=1S/C28H37IO4/c1-2-3-4-5-6-7-8-9-10-11-14-20-32-27(30)25-18-12-13-19-26(25)28(31)33-22-23-16-15-17-24(29)21-23/h12-13,15-19,21H,2-11,14,20,22H2,1H3. The summed E-state index contributed by atoms with van der Waals surface area (Å²) in [6.45, 7) is 2.79. The molecule has 2 aromatic carbocycles. The maximum absolute atomic E-state index is 12.6. The molecule has 2 aromatic rings. The highest BCUT2D eigenvalue weighted by molar-refractivity contribution is 14.1. The van der Waals surface area contributed by atoms with Crippen molar-refractivity contribution in [3.63, 3.8) is 0 Å². The van der Waals surface area contributed by atoms with Crippen molar-refractivity contribution < 1.29 is 19.1 Å². The fraction of sp³-hybridized carbons (Fsp3) is 0.500. The third-order valence-electron chi connectivity index (χ3n) is 5.61. The van der Waals surface area contributed by atoms with E-state index >= 15 is 0 Å². The van der Waals surface area contributed by atoms with Crippen molar-refractivity contribution in [2.24, 2.45) is 0 Å². The third kappa shape index (κ3) is 11.2. The van der Waals surface area contributed by atoms with E-state index in [0.717, 1.165) is 22.0 Å². The zero-order chi connectivity index (χ0) is 23.7. The molecule has 180 valence electrons. The van der Waals surface area contributed by atoms with Crippen LogP contribution in [0.3, 0.4) is 0 Å². The van der Waals surface area contributed by atoms with Crippen molar-refractivity contribution in [3.8, 4) is 0 Å². The summed E-state index contributed by atoms with van der Waals surface area (Å²) in [6.07, 6.45) is 13.7. The van der Waals surface area contributed by atoms with E-state index in [-0.39, 0.29) is 17.7 Å². The molecule has 0 amide bonds. The molecule has 0 fully saturated rings. The summed E-state index contributed by atoms with van der Waals surface area (Å²) in [7, 11) is 0. The Labute approximate surface area is 212 Å². The van der Waals surface area contributed by atoms with Crippen LogP contribution in [0.15, 0.2) is 48.5 Å². The molecule has 0 aliphatic carbocycles. The number of carbonyl (C=O) groups is 2. The van der Waals surface area contributed by atoms with Crippen LogP contribution in [0.2, 0.25) is 0 Å². The number of ether oxygens (including phenoxy) is 2. The van der Waals surface area contributed by atoms with Gasteiger partial charge in [0.1, 0.15) is 6.61 Å². The molecule has 0 bridgehead atoms. The number of benzene rings is 2. The summed E-state index contributed by atoms with van der Waals surface area (Å²) < 4.78 is 11.9. The van der Waals surface area contributed by atoms with E-state index in [4.69, 9.17) is 9.47 Å². The first-order valence-corrected chi connectivity index (χ1v) is 13.4. The van der Waals surface area contributed by atoms with Gasteiger partial charge in [-0.3, -0.25) is 0 Å². The van der Waals surface area contributed by atoms with Crippen LogP contribution in [0.5, 0.6) is 0 Å². The van der Waals surface area contributed by atoms with Crippen molar-refractivity contribution in [1.82, 2.24) is 0 Å². The fourth-order valence-corrected chi connectivity index (χ4v) is 4.31. The molecular formula is C28H37IO4. The normalized spacial score (nSPS) is 10.7. The van der Waals surface area contributed by atoms with Gasteiger partial charge in [0.2, 0.25) is 0 Å².